The average molecular weight is 318 g/mol. The predicted molar refractivity (Wildman–Crippen MR) is 90.5 cm³/mol. The molecule has 2 amide bonds. The van der Waals surface area contributed by atoms with Gasteiger partial charge < -0.3 is 15.0 Å². The van der Waals surface area contributed by atoms with E-state index in [0.29, 0.717) is 24.4 Å². The number of carbonyl (C=O) groups is 2. The second-order valence-corrected chi connectivity index (χ2v) is 5.81. The van der Waals surface area contributed by atoms with Gasteiger partial charge in [0.15, 0.2) is 0 Å². The molecule has 1 aliphatic rings. The van der Waals surface area contributed by atoms with Crippen LogP contribution in [0.3, 0.4) is 0 Å². The molecule has 0 unspecified atom stereocenters. The number of hydrogen-bond donors (Lipinski definition) is 1. The van der Waals surface area contributed by atoms with E-state index < -0.39 is 0 Å². The molecule has 5 heteroatoms. The Morgan fingerprint density at radius 2 is 2.17 bits per heavy atom. The predicted octanol–water partition coefficient (Wildman–Crippen LogP) is 3.07. The summed E-state index contributed by atoms with van der Waals surface area (Å²) in [5.41, 5.74) is 1.25. The molecule has 1 aromatic rings. The summed E-state index contributed by atoms with van der Waals surface area (Å²) in [6, 6.07) is 7.13. The number of hydrogen-bond acceptors (Lipinski definition) is 3. The van der Waals surface area contributed by atoms with Crippen LogP contribution in [0.25, 0.3) is 0 Å². The van der Waals surface area contributed by atoms with E-state index in [1.165, 1.54) is 0 Å². The Bertz CT molecular complexity index is 539. The van der Waals surface area contributed by atoms with Crippen LogP contribution in [-0.4, -0.2) is 42.5 Å². The van der Waals surface area contributed by atoms with Gasteiger partial charge in [-0.25, -0.2) is 0 Å². The number of unbranched alkanes of at least 4 members (excludes halogenated alkanes) is 1. The zero-order valence-corrected chi connectivity index (χ0v) is 14.0. The summed E-state index contributed by atoms with van der Waals surface area (Å²) in [6.07, 6.45) is 3.35. The van der Waals surface area contributed by atoms with Gasteiger partial charge >= 0.3 is 0 Å². The highest BCUT2D eigenvalue weighted by atomic mass is 16.5. The van der Waals surface area contributed by atoms with E-state index in [1.807, 2.05) is 11.8 Å². The number of nitrogens with one attached hydrogen (secondary N) is 1. The van der Waals surface area contributed by atoms with Crippen LogP contribution in [0.4, 0.5) is 5.69 Å². The lowest BCUT2D eigenvalue weighted by molar-refractivity contribution is -0.124. The maximum absolute atomic E-state index is 12.6. The minimum absolute atomic E-state index is 0.00849. The van der Waals surface area contributed by atoms with Gasteiger partial charge in [0, 0.05) is 30.9 Å². The molecule has 5 nitrogen and oxygen atoms in total. The maximum atomic E-state index is 12.6. The Morgan fingerprint density at radius 1 is 1.35 bits per heavy atom. The number of nitrogens with zero attached hydrogens (tertiary/aromatic N) is 1. The molecule has 1 atom stereocenters. The van der Waals surface area contributed by atoms with Gasteiger partial charge in [0.05, 0.1) is 0 Å². The molecule has 0 aliphatic carbocycles. The van der Waals surface area contributed by atoms with Crippen LogP contribution in [0.15, 0.2) is 24.3 Å². The smallest absolute Gasteiger partial charge is 0.253 e. The lowest BCUT2D eigenvalue weighted by atomic mass is 10.1. The van der Waals surface area contributed by atoms with Crippen molar-refractivity contribution in [2.24, 2.45) is 0 Å². The highest BCUT2D eigenvalue weighted by molar-refractivity contribution is 5.98. The van der Waals surface area contributed by atoms with Crippen LogP contribution in [0.1, 0.15) is 49.9 Å². The zero-order valence-electron chi connectivity index (χ0n) is 14.0. The highest BCUT2D eigenvalue weighted by Crippen LogP contribution is 2.17. The van der Waals surface area contributed by atoms with Gasteiger partial charge in [0.2, 0.25) is 0 Å². The summed E-state index contributed by atoms with van der Waals surface area (Å²) in [5.74, 6) is -0.125. The average Bonchev–Trinajstić information content (AvgIpc) is 3.10. The van der Waals surface area contributed by atoms with Crippen molar-refractivity contribution in [3.05, 3.63) is 29.8 Å². The molecule has 126 valence electrons. The van der Waals surface area contributed by atoms with E-state index in [0.717, 1.165) is 32.2 Å². The number of benzene rings is 1. The lowest BCUT2D eigenvalue weighted by Gasteiger charge is -2.21. The first-order valence-corrected chi connectivity index (χ1v) is 8.47. The van der Waals surface area contributed by atoms with Crippen molar-refractivity contribution in [3.63, 3.8) is 0 Å². The van der Waals surface area contributed by atoms with Gasteiger partial charge in [-0.3, -0.25) is 9.59 Å². The number of amides is 2. The molecule has 0 bridgehead atoms. The largest absolute Gasteiger partial charge is 0.368 e. The molecule has 1 N–H and O–H groups in total. The quantitative estimate of drug-likeness (QED) is 0.840. The summed E-state index contributed by atoms with van der Waals surface area (Å²) < 4.78 is 5.38. The van der Waals surface area contributed by atoms with Crippen LogP contribution in [-0.2, 0) is 9.53 Å². The number of ether oxygens (including phenoxy) is 1. The fourth-order valence-electron chi connectivity index (χ4n) is 2.67. The highest BCUT2D eigenvalue weighted by Gasteiger charge is 2.23. The molecular formula is C18H26N2O3. The molecule has 1 heterocycles. The third kappa shape index (κ3) is 4.79. The Labute approximate surface area is 138 Å². The Hall–Kier alpha value is -1.88. The zero-order chi connectivity index (χ0) is 16.7. The van der Waals surface area contributed by atoms with Crippen molar-refractivity contribution in [2.75, 3.05) is 25.0 Å². The van der Waals surface area contributed by atoms with Gasteiger partial charge in [0.1, 0.15) is 6.10 Å². The van der Waals surface area contributed by atoms with Crippen molar-refractivity contribution < 1.29 is 14.3 Å². The first-order valence-electron chi connectivity index (χ1n) is 8.47. The van der Waals surface area contributed by atoms with Gasteiger partial charge in [-0.1, -0.05) is 19.4 Å². The third-order valence-corrected chi connectivity index (χ3v) is 4.05. The van der Waals surface area contributed by atoms with Crippen molar-refractivity contribution >= 4 is 17.5 Å². The second-order valence-electron chi connectivity index (χ2n) is 5.81. The maximum Gasteiger partial charge on any atom is 0.253 e. The Kier molecular flexibility index (Phi) is 6.59. The molecule has 1 aromatic carbocycles. The Balaban J connectivity index is 2.03. The van der Waals surface area contributed by atoms with Crippen molar-refractivity contribution in [1.29, 1.82) is 0 Å². The van der Waals surface area contributed by atoms with E-state index in [2.05, 4.69) is 12.2 Å². The lowest BCUT2D eigenvalue weighted by Crippen LogP contribution is -2.32. The number of rotatable bonds is 7. The van der Waals surface area contributed by atoms with Crippen LogP contribution in [0, 0.1) is 0 Å². The minimum Gasteiger partial charge on any atom is -0.368 e. The molecule has 1 aliphatic heterocycles. The van der Waals surface area contributed by atoms with Gasteiger partial charge in [0.25, 0.3) is 11.8 Å². The molecule has 1 fully saturated rings. The third-order valence-electron chi connectivity index (χ3n) is 4.05. The molecule has 2 rings (SSSR count). The first-order chi connectivity index (χ1) is 11.2. The van der Waals surface area contributed by atoms with E-state index >= 15 is 0 Å². The normalized spacial score (nSPS) is 17.0. The summed E-state index contributed by atoms with van der Waals surface area (Å²) >= 11 is 0. The number of anilines is 1. The van der Waals surface area contributed by atoms with E-state index in [-0.39, 0.29) is 17.9 Å². The summed E-state index contributed by atoms with van der Waals surface area (Å²) in [6.45, 7) is 6.18. The molecule has 0 radical (unpaired) electrons. The molecule has 1 saturated heterocycles. The molecule has 0 aromatic heterocycles. The van der Waals surface area contributed by atoms with Gasteiger partial charge in [-0.15, -0.1) is 0 Å². The van der Waals surface area contributed by atoms with Crippen molar-refractivity contribution in [2.45, 2.75) is 45.6 Å². The molecule has 23 heavy (non-hydrogen) atoms. The van der Waals surface area contributed by atoms with Gasteiger partial charge in [-0.2, -0.15) is 0 Å². The molecule has 0 spiro atoms. The Morgan fingerprint density at radius 3 is 2.83 bits per heavy atom. The standard InChI is InChI=1S/C18H26N2O3/c1-3-5-11-20(4-2)18(22)14-8-6-9-15(13-14)19-17(21)16-10-7-12-23-16/h6,8-9,13,16H,3-5,7,10-12H2,1-2H3,(H,19,21)/t16-/m1/s1. The van der Waals surface area contributed by atoms with E-state index in [4.69, 9.17) is 4.74 Å². The van der Waals surface area contributed by atoms with Gasteiger partial charge in [-0.05, 0) is 44.4 Å². The topological polar surface area (TPSA) is 58.6 Å². The molecule has 0 saturated carbocycles. The van der Waals surface area contributed by atoms with Crippen molar-refractivity contribution in [3.8, 4) is 0 Å². The van der Waals surface area contributed by atoms with Crippen LogP contribution in [0.5, 0.6) is 0 Å². The fourth-order valence-corrected chi connectivity index (χ4v) is 2.67. The summed E-state index contributed by atoms with van der Waals surface area (Å²) in [5, 5.41) is 2.84. The van der Waals surface area contributed by atoms with Crippen LogP contribution in [0.2, 0.25) is 0 Å². The van der Waals surface area contributed by atoms with E-state index in [1.54, 1.807) is 24.3 Å². The van der Waals surface area contributed by atoms with Crippen LogP contribution >= 0.6 is 0 Å². The summed E-state index contributed by atoms with van der Waals surface area (Å²) in [4.78, 5) is 26.5. The number of carbonyl (C=O) groups excluding carboxylic acids is 2. The molecular weight excluding hydrogens is 292 g/mol. The SMILES string of the molecule is CCCCN(CC)C(=O)c1cccc(NC(=O)[C@H]2CCCO2)c1. The monoisotopic (exact) mass is 318 g/mol. The first kappa shape index (κ1) is 17.5. The minimum atomic E-state index is -0.369. The summed E-state index contributed by atoms with van der Waals surface area (Å²) in [7, 11) is 0. The second kappa shape index (κ2) is 8.67. The fraction of sp³-hybridized carbons (Fsp3) is 0.556. The van der Waals surface area contributed by atoms with Crippen molar-refractivity contribution in [1.82, 2.24) is 4.90 Å². The van der Waals surface area contributed by atoms with E-state index in [9.17, 15) is 9.59 Å². The van der Waals surface area contributed by atoms with Crippen LogP contribution < -0.4 is 5.32 Å².